The summed E-state index contributed by atoms with van der Waals surface area (Å²) >= 11 is 0. The van der Waals surface area contributed by atoms with Gasteiger partial charge in [0.2, 0.25) is 0 Å². The summed E-state index contributed by atoms with van der Waals surface area (Å²) in [5.41, 5.74) is 4.38. The van der Waals surface area contributed by atoms with E-state index in [1.54, 1.807) is 18.6 Å². The molecule has 0 bridgehead atoms. The highest BCUT2D eigenvalue weighted by atomic mass is 16.1. The first kappa shape index (κ1) is 20.2. The number of pyridine rings is 3. The van der Waals surface area contributed by atoms with Gasteiger partial charge in [-0.2, -0.15) is 0 Å². The third-order valence-electron chi connectivity index (χ3n) is 4.81. The average Bonchev–Trinajstić information content (AvgIpc) is 2.84. The van der Waals surface area contributed by atoms with Crippen molar-refractivity contribution in [2.75, 3.05) is 11.9 Å². The third kappa shape index (κ3) is 5.51. The number of hydrogen-bond acceptors (Lipinski definition) is 5. The molecule has 4 aromatic rings. The van der Waals surface area contributed by atoms with E-state index in [0.717, 1.165) is 28.8 Å². The van der Waals surface area contributed by atoms with Crippen LogP contribution in [-0.4, -0.2) is 27.4 Å². The Morgan fingerprint density at radius 3 is 2.26 bits per heavy atom. The second kappa shape index (κ2) is 10.1. The van der Waals surface area contributed by atoms with Gasteiger partial charge in [0, 0.05) is 43.4 Å². The molecule has 4 rings (SSSR count). The number of amides is 1. The molecule has 6 heteroatoms. The van der Waals surface area contributed by atoms with Crippen molar-refractivity contribution >= 4 is 11.7 Å². The fraction of sp³-hybridized carbons (Fsp3) is 0.120. The van der Waals surface area contributed by atoms with Crippen molar-refractivity contribution < 1.29 is 4.79 Å². The first-order valence-electron chi connectivity index (χ1n) is 10.2. The summed E-state index contributed by atoms with van der Waals surface area (Å²) in [7, 11) is 0. The average molecular weight is 409 g/mol. The Hall–Kier alpha value is -4.06. The topological polar surface area (TPSA) is 79.8 Å². The normalized spacial score (nSPS) is 10.5. The van der Waals surface area contributed by atoms with Crippen LogP contribution in [0.4, 0.5) is 5.82 Å². The van der Waals surface area contributed by atoms with Gasteiger partial charge in [-0.25, -0.2) is 4.98 Å². The van der Waals surface area contributed by atoms with E-state index in [4.69, 9.17) is 4.98 Å². The van der Waals surface area contributed by atoms with Gasteiger partial charge in [-0.3, -0.25) is 14.8 Å². The van der Waals surface area contributed by atoms with Crippen LogP contribution in [0.1, 0.15) is 21.5 Å². The lowest BCUT2D eigenvalue weighted by molar-refractivity contribution is 0.0951. The number of benzene rings is 1. The van der Waals surface area contributed by atoms with E-state index in [1.807, 2.05) is 72.9 Å². The molecule has 154 valence electrons. The molecule has 0 saturated heterocycles. The molecule has 31 heavy (non-hydrogen) atoms. The molecular formula is C25H23N5O. The fourth-order valence-electron chi connectivity index (χ4n) is 3.20. The van der Waals surface area contributed by atoms with Gasteiger partial charge in [0.05, 0.1) is 11.3 Å². The number of carbonyl (C=O) groups excluding carboxylic acids is 1. The van der Waals surface area contributed by atoms with Crippen molar-refractivity contribution in [3.8, 4) is 11.3 Å². The van der Waals surface area contributed by atoms with E-state index in [-0.39, 0.29) is 5.91 Å². The predicted octanol–water partition coefficient (Wildman–Crippen LogP) is 4.12. The summed E-state index contributed by atoms with van der Waals surface area (Å²) in [6.45, 7) is 1.04. The maximum atomic E-state index is 12.9. The third-order valence-corrected chi connectivity index (χ3v) is 4.81. The van der Waals surface area contributed by atoms with Gasteiger partial charge in [0.15, 0.2) is 0 Å². The summed E-state index contributed by atoms with van der Waals surface area (Å²) in [4.78, 5) is 25.9. The summed E-state index contributed by atoms with van der Waals surface area (Å²) in [5.74, 6) is 0.383. The Labute approximate surface area is 181 Å². The van der Waals surface area contributed by atoms with E-state index in [9.17, 15) is 4.79 Å². The molecule has 0 saturated carbocycles. The van der Waals surface area contributed by atoms with Crippen LogP contribution in [0.5, 0.6) is 0 Å². The Balaban J connectivity index is 1.53. The smallest absolute Gasteiger partial charge is 0.255 e. The minimum absolute atomic E-state index is 0.181. The molecule has 3 aromatic heterocycles. The molecule has 1 aromatic carbocycles. The number of anilines is 1. The van der Waals surface area contributed by atoms with E-state index in [2.05, 4.69) is 20.6 Å². The molecule has 0 atom stereocenters. The molecular weight excluding hydrogens is 386 g/mol. The predicted molar refractivity (Wildman–Crippen MR) is 122 cm³/mol. The van der Waals surface area contributed by atoms with Crippen molar-refractivity contribution in [3.05, 3.63) is 108 Å². The van der Waals surface area contributed by atoms with Crippen LogP contribution < -0.4 is 10.6 Å². The number of carbonyl (C=O) groups is 1. The Kier molecular flexibility index (Phi) is 6.60. The van der Waals surface area contributed by atoms with Crippen molar-refractivity contribution in [2.45, 2.75) is 13.0 Å². The van der Waals surface area contributed by atoms with Crippen LogP contribution in [0.25, 0.3) is 11.3 Å². The lowest BCUT2D eigenvalue weighted by Crippen LogP contribution is -2.24. The zero-order valence-corrected chi connectivity index (χ0v) is 17.0. The van der Waals surface area contributed by atoms with Crippen LogP contribution in [-0.2, 0) is 13.0 Å². The highest BCUT2D eigenvalue weighted by molar-refractivity contribution is 5.99. The number of nitrogens with zero attached hydrogens (tertiary/aromatic N) is 3. The fourth-order valence-corrected chi connectivity index (χ4v) is 3.20. The number of nitrogens with one attached hydrogen (secondary N) is 2. The molecule has 0 aliphatic rings. The largest absolute Gasteiger partial charge is 0.369 e. The highest BCUT2D eigenvalue weighted by Gasteiger charge is 2.14. The molecule has 0 aliphatic heterocycles. The summed E-state index contributed by atoms with van der Waals surface area (Å²) in [6, 6.07) is 21.3. The quantitative estimate of drug-likeness (QED) is 0.458. The Morgan fingerprint density at radius 1 is 0.806 bits per heavy atom. The monoisotopic (exact) mass is 409 g/mol. The van der Waals surface area contributed by atoms with Crippen molar-refractivity contribution in [1.82, 2.24) is 20.3 Å². The molecule has 0 aliphatic carbocycles. The van der Waals surface area contributed by atoms with Gasteiger partial charge < -0.3 is 10.6 Å². The number of rotatable bonds is 8. The Bertz CT molecular complexity index is 1120. The van der Waals surface area contributed by atoms with Gasteiger partial charge in [0.25, 0.3) is 5.91 Å². The molecule has 0 unspecified atom stereocenters. The summed E-state index contributed by atoms with van der Waals surface area (Å²) in [6.07, 6.45) is 7.83. The van der Waals surface area contributed by atoms with E-state index in [0.29, 0.717) is 24.5 Å². The van der Waals surface area contributed by atoms with Gasteiger partial charge in [-0.1, -0.05) is 42.5 Å². The molecule has 6 nitrogen and oxygen atoms in total. The molecule has 1 amide bonds. The number of aromatic nitrogens is 3. The Morgan fingerprint density at radius 2 is 1.55 bits per heavy atom. The lowest BCUT2D eigenvalue weighted by atomic mass is 10.1. The minimum Gasteiger partial charge on any atom is -0.369 e. The zero-order valence-electron chi connectivity index (χ0n) is 17.0. The molecule has 0 radical (unpaired) electrons. The lowest BCUT2D eigenvalue weighted by Gasteiger charge is -2.13. The van der Waals surface area contributed by atoms with Crippen LogP contribution in [0.15, 0.2) is 91.5 Å². The minimum atomic E-state index is -0.181. The maximum Gasteiger partial charge on any atom is 0.255 e. The zero-order chi connectivity index (χ0) is 21.3. The maximum absolute atomic E-state index is 12.9. The van der Waals surface area contributed by atoms with Crippen molar-refractivity contribution in [3.63, 3.8) is 0 Å². The molecule has 3 heterocycles. The molecule has 2 N–H and O–H groups in total. The van der Waals surface area contributed by atoms with E-state index >= 15 is 0 Å². The van der Waals surface area contributed by atoms with Crippen LogP contribution in [0.3, 0.4) is 0 Å². The first-order chi connectivity index (χ1) is 15.3. The van der Waals surface area contributed by atoms with Crippen LogP contribution in [0.2, 0.25) is 0 Å². The van der Waals surface area contributed by atoms with Crippen molar-refractivity contribution in [2.24, 2.45) is 0 Å². The van der Waals surface area contributed by atoms with Crippen LogP contribution in [0, 0.1) is 0 Å². The highest BCUT2D eigenvalue weighted by Crippen LogP contribution is 2.22. The summed E-state index contributed by atoms with van der Waals surface area (Å²) < 4.78 is 0. The second-order valence-corrected chi connectivity index (χ2v) is 7.04. The SMILES string of the molecule is O=C(NCc1cccnc1)c1ccc(-c2ccccc2)nc1NCCc1cccnc1. The molecule has 0 fully saturated rings. The van der Waals surface area contributed by atoms with Gasteiger partial charge >= 0.3 is 0 Å². The second-order valence-electron chi connectivity index (χ2n) is 7.04. The van der Waals surface area contributed by atoms with Gasteiger partial charge in [-0.15, -0.1) is 0 Å². The number of hydrogen-bond donors (Lipinski definition) is 2. The van der Waals surface area contributed by atoms with Gasteiger partial charge in [0.1, 0.15) is 5.82 Å². The van der Waals surface area contributed by atoms with E-state index in [1.165, 1.54) is 0 Å². The van der Waals surface area contributed by atoms with Gasteiger partial charge in [-0.05, 0) is 41.8 Å². The van der Waals surface area contributed by atoms with Crippen molar-refractivity contribution in [1.29, 1.82) is 0 Å². The standard InChI is InChI=1S/C25H23N5O/c31-25(29-18-20-7-5-14-27-17-20)22-10-11-23(21-8-2-1-3-9-21)30-24(22)28-15-12-19-6-4-13-26-16-19/h1-11,13-14,16-17H,12,15,18H2,(H,28,30)(H,29,31). The first-order valence-corrected chi connectivity index (χ1v) is 10.2. The molecule has 0 spiro atoms. The van der Waals surface area contributed by atoms with E-state index < -0.39 is 0 Å². The van der Waals surface area contributed by atoms with Crippen LogP contribution >= 0.6 is 0 Å². The summed E-state index contributed by atoms with van der Waals surface area (Å²) in [5, 5.41) is 6.29.